The molecular weight excluding hydrogens is 338 g/mol. The Morgan fingerprint density at radius 3 is 2.32 bits per heavy atom. The third-order valence-electron chi connectivity index (χ3n) is 4.99. The fraction of sp³-hybridized carbons (Fsp3) is 0.350. The van der Waals surface area contributed by atoms with Crippen LogP contribution in [0.1, 0.15) is 35.7 Å². The van der Waals surface area contributed by atoms with E-state index >= 15 is 0 Å². The minimum atomic E-state index is -0.196. The second-order valence-electron chi connectivity index (χ2n) is 6.85. The van der Waals surface area contributed by atoms with Crippen molar-refractivity contribution in [3.05, 3.63) is 58.6 Å². The lowest BCUT2D eigenvalue weighted by Gasteiger charge is -2.13. The van der Waals surface area contributed by atoms with Crippen LogP contribution in [-0.4, -0.2) is 26.2 Å². The SMILES string of the molecule is COc1cc(OC)c(C(=O)NC2C(c3ccccc3)C2(C)C)cc1Cl. The van der Waals surface area contributed by atoms with E-state index in [0.717, 1.165) is 0 Å². The van der Waals surface area contributed by atoms with Gasteiger partial charge < -0.3 is 14.8 Å². The lowest BCUT2D eigenvalue weighted by Crippen LogP contribution is -2.29. The molecule has 5 heteroatoms. The van der Waals surface area contributed by atoms with Gasteiger partial charge in [0.25, 0.3) is 5.91 Å². The fourth-order valence-electron chi connectivity index (χ4n) is 3.45. The highest BCUT2D eigenvalue weighted by molar-refractivity contribution is 6.32. The van der Waals surface area contributed by atoms with Crippen LogP contribution in [0.4, 0.5) is 0 Å². The van der Waals surface area contributed by atoms with Gasteiger partial charge in [0.2, 0.25) is 0 Å². The monoisotopic (exact) mass is 359 g/mol. The van der Waals surface area contributed by atoms with Crippen molar-refractivity contribution in [2.24, 2.45) is 5.41 Å². The number of rotatable bonds is 5. The van der Waals surface area contributed by atoms with Crippen molar-refractivity contribution in [3.8, 4) is 11.5 Å². The number of methoxy groups -OCH3 is 2. The standard InChI is InChI=1S/C20H22ClNO3/c1-20(2)17(12-8-6-5-7-9-12)18(20)22-19(23)13-10-14(21)16(25-4)11-15(13)24-3/h5-11,17-18H,1-4H3,(H,22,23). The minimum Gasteiger partial charge on any atom is -0.496 e. The average molecular weight is 360 g/mol. The average Bonchev–Trinajstić information content (AvgIpc) is 3.15. The number of carbonyl (C=O) groups excluding carboxylic acids is 1. The first-order valence-corrected chi connectivity index (χ1v) is 8.55. The zero-order valence-electron chi connectivity index (χ0n) is 14.8. The van der Waals surface area contributed by atoms with E-state index in [1.54, 1.807) is 12.1 Å². The van der Waals surface area contributed by atoms with Crippen molar-refractivity contribution in [2.45, 2.75) is 25.8 Å². The Morgan fingerprint density at radius 1 is 1.08 bits per heavy atom. The van der Waals surface area contributed by atoms with Crippen LogP contribution in [0.25, 0.3) is 0 Å². The molecule has 1 fully saturated rings. The lowest BCUT2D eigenvalue weighted by molar-refractivity contribution is 0.0943. The molecule has 4 nitrogen and oxygen atoms in total. The van der Waals surface area contributed by atoms with Gasteiger partial charge in [0.1, 0.15) is 11.5 Å². The summed E-state index contributed by atoms with van der Waals surface area (Å²) in [6.45, 7) is 4.32. The van der Waals surface area contributed by atoms with Gasteiger partial charge in [0.15, 0.2) is 0 Å². The van der Waals surface area contributed by atoms with Crippen LogP contribution in [-0.2, 0) is 0 Å². The van der Waals surface area contributed by atoms with Gasteiger partial charge in [0, 0.05) is 18.0 Å². The van der Waals surface area contributed by atoms with Crippen molar-refractivity contribution in [2.75, 3.05) is 14.2 Å². The number of nitrogens with one attached hydrogen (secondary N) is 1. The number of hydrogen-bond donors (Lipinski definition) is 1. The largest absolute Gasteiger partial charge is 0.496 e. The van der Waals surface area contributed by atoms with Crippen LogP contribution in [0.3, 0.4) is 0 Å². The highest BCUT2D eigenvalue weighted by atomic mass is 35.5. The van der Waals surface area contributed by atoms with E-state index in [0.29, 0.717) is 22.1 Å². The molecule has 1 saturated carbocycles. The van der Waals surface area contributed by atoms with E-state index in [1.165, 1.54) is 19.8 Å². The lowest BCUT2D eigenvalue weighted by atomic mass is 10.0. The normalized spacial score (nSPS) is 20.7. The van der Waals surface area contributed by atoms with Crippen molar-refractivity contribution in [3.63, 3.8) is 0 Å². The third-order valence-corrected chi connectivity index (χ3v) is 5.29. The van der Waals surface area contributed by atoms with Crippen molar-refractivity contribution in [1.29, 1.82) is 0 Å². The Hall–Kier alpha value is -2.20. The van der Waals surface area contributed by atoms with Crippen LogP contribution in [0.15, 0.2) is 42.5 Å². The van der Waals surface area contributed by atoms with Crippen LogP contribution in [0.2, 0.25) is 5.02 Å². The van der Waals surface area contributed by atoms with Crippen molar-refractivity contribution >= 4 is 17.5 Å². The molecule has 0 aromatic heterocycles. The molecule has 0 aliphatic heterocycles. The predicted octanol–water partition coefficient (Wildman–Crippen LogP) is 4.28. The number of halogens is 1. The molecule has 132 valence electrons. The maximum Gasteiger partial charge on any atom is 0.255 e. The zero-order valence-corrected chi connectivity index (χ0v) is 15.6. The van der Waals surface area contributed by atoms with Gasteiger partial charge in [-0.05, 0) is 17.0 Å². The van der Waals surface area contributed by atoms with Crippen LogP contribution in [0, 0.1) is 5.41 Å². The number of ether oxygens (including phenoxy) is 2. The summed E-state index contributed by atoms with van der Waals surface area (Å²) in [5, 5.41) is 3.51. The summed E-state index contributed by atoms with van der Waals surface area (Å²) in [4.78, 5) is 12.8. The number of carbonyl (C=O) groups is 1. The second kappa shape index (κ2) is 6.60. The molecule has 25 heavy (non-hydrogen) atoms. The maximum atomic E-state index is 12.8. The summed E-state index contributed by atoms with van der Waals surface area (Å²) in [7, 11) is 3.05. The van der Waals surface area contributed by atoms with Gasteiger partial charge in [-0.2, -0.15) is 0 Å². The fourth-order valence-corrected chi connectivity index (χ4v) is 3.69. The second-order valence-corrected chi connectivity index (χ2v) is 7.26. The summed E-state index contributed by atoms with van der Waals surface area (Å²) in [5.41, 5.74) is 1.64. The van der Waals surface area contributed by atoms with Gasteiger partial charge in [-0.25, -0.2) is 0 Å². The number of benzene rings is 2. The third kappa shape index (κ3) is 3.19. The molecule has 1 aliphatic carbocycles. The summed E-state index contributed by atoms with van der Waals surface area (Å²) in [6.07, 6.45) is 0. The molecule has 2 aromatic rings. The highest BCUT2D eigenvalue weighted by Crippen LogP contribution is 2.58. The molecule has 0 saturated heterocycles. The van der Waals surface area contributed by atoms with E-state index in [1.807, 2.05) is 18.2 Å². The number of amides is 1. The first kappa shape index (κ1) is 17.6. The van der Waals surface area contributed by atoms with E-state index < -0.39 is 0 Å². The Balaban J connectivity index is 1.83. The summed E-state index contributed by atoms with van der Waals surface area (Å²) >= 11 is 6.17. The van der Waals surface area contributed by atoms with Gasteiger partial charge in [0.05, 0.1) is 24.8 Å². The maximum absolute atomic E-state index is 12.8. The molecule has 0 radical (unpaired) electrons. The molecule has 2 atom stereocenters. The van der Waals surface area contributed by atoms with E-state index in [2.05, 4.69) is 31.3 Å². The first-order valence-electron chi connectivity index (χ1n) is 8.17. The van der Waals surface area contributed by atoms with E-state index in [4.69, 9.17) is 21.1 Å². The predicted molar refractivity (Wildman–Crippen MR) is 98.8 cm³/mol. The molecule has 1 amide bonds. The molecule has 0 bridgehead atoms. The van der Waals surface area contributed by atoms with Gasteiger partial charge in [-0.3, -0.25) is 4.79 Å². The Kier molecular flexibility index (Phi) is 4.65. The molecule has 0 heterocycles. The topological polar surface area (TPSA) is 47.6 Å². The zero-order chi connectivity index (χ0) is 18.2. The minimum absolute atomic E-state index is 0.000509. The van der Waals surface area contributed by atoms with Gasteiger partial charge in [-0.1, -0.05) is 55.8 Å². The summed E-state index contributed by atoms with van der Waals surface area (Å²) < 4.78 is 10.5. The quantitative estimate of drug-likeness (QED) is 0.866. The first-order chi connectivity index (χ1) is 11.9. The molecule has 0 spiro atoms. The van der Waals surface area contributed by atoms with Gasteiger partial charge in [-0.15, -0.1) is 0 Å². The summed E-state index contributed by atoms with van der Waals surface area (Å²) in [6, 6.07) is 13.5. The Bertz CT molecular complexity index is 789. The van der Waals surface area contributed by atoms with E-state index in [9.17, 15) is 4.79 Å². The molecule has 1 N–H and O–H groups in total. The van der Waals surface area contributed by atoms with Crippen LogP contribution < -0.4 is 14.8 Å². The van der Waals surface area contributed by atoms with Crippen molar-refractivity contribution in [1.82, 2.24) is 5.32 Å². The van der Waals surface area contributed by atoms with E-state index in [-0.39, 0.29) is 23.3 Å². The highest BCUT2D eigenvalue weighted by Gasteiger charge is 2.59. The molecule has 3 rings (SSSR count). The van der Waals surface area contributed by atoms with Crippen molar-refractivity contribution < 1.29 is 14.3 Å². The van der Waals surface area contributed by atoms with Crippen LogP contribution in [0.5, 0.6) is 11.5 Å². The van der Waals surface area contributed by atoms with Crippen LogP contribution >= 0.6 is 11.6 Å². The molecule has 2 unspecified atom stereocenters. The smallest absolute Gasteiger partial charge is 0.255 e. The molecule has 2 aromatic carbocycles. The Labute approximate surface area is 153 Å². The Morgan fingerprint density at radius 2 is 1.72 bits per heavy atom. The molecule has 1 aliphatic rings. The number of hydrogen-bond acceptors (Lipinski definition) is 3. The molecular formula is C20H22ClNO3. The van der Waals surface area contributed by atoms with Gasteiger partial charge >= 0.3 is 0 Å². The summed E-state index contributed by atoms with van der Waals surface area (Å²) in [5.74, 6) is 1.01.